The molecule has 0 saturated heterocycles. The van der Waals surface area contributed by atoms with E-state index in [9.17, 15) is 4.79 Å². The first kappa shape index (κ1) is 24.5. The van der Waals surface area contributed by atoms with Gasteiger partial charge in [0.1, 0.15) is 12.4 Å². The van der Waals surface area contributed by atoms with Gasteiger partial charge in [0.05, 0.1) is 48.2 Å². The van der Waals surface area contributed by atoms with Crippen molar-refractivity contribution in [3.05, 3.63) is 52.9 Å². The van der Waals surface area contributed by atoms with Crippen molar-refractivity contribution < 1.29 is 34.5 Å². The summed E-state index contributed by atoms with van der Waals surface area (Å²) >= 11 is 6.23. The largest absolute Gasteiger partial charge is 0.486 e. The molecule has 168 valence electrons. The molecule has 6 N–H and O–H groups in total. The number of aliphatic carboxylic acids is 1. The highest BCUT2D eigenvalue weighted by Crippen LogP contribution is 2.32. The van der Waals surface area contributed by atoms with Gasteiger partial charge in [0.25, 0.3) is 0 Å². The number of ether oxygens (including phenoxy) is 1. The van der Waals surface area contributed by atoms with Crippen LogP contribution in [0.25, 0.3) is 11.0 Å². The molecule has 0 unspecified atom stereocenters. The van der Waals surface area contributed by atoms with Gasteiger partial charge in [0.2, 0.25) is 0 Å². The van der Waals surface area contributed by atoms with Crippen molar-refractivity contribution in [3.63, 3.8) is 0 Å². The number of carboxylic acid groups (broad SMARTS) is 1. The summed E-state index contributed by atoms with van der Waals surface area (Å²) in [5.74, 6) is -0.423. The van der Waals surface area contributed by atoms with Crippen LogP contribution < -0.4 is 10.5 Å². The molecule has 3 aromatic rings. The first-order valence-electron chi connectivity index (χ1n) is 9.25. The Morgan fingerprint density at radius 1 is 1.19 bits per heavy atom. The fourth-order valence-corrected chi connectivity index (χ4v) is 2.51. The Hall–Kier alpha value is -2.76. The Balaban J connectivity index is 0.000000366. The van der Waals surface area contributed by atoms with Gasteiger partial charge in [0, 0.05) is 24.1 Å². The van der Waals surface area contributed by atoms with Crippen LogP contribution in [-0.2, 0) is 17.8 Å². The molecular weight excluding hydrogens is 430 g/mol. The molecule has 0 fully saturated rings. The first-order chi connectivity index (χ1) is 14.8. The molecule has 0 aliphatic carbocycles. The minimum absolute atomic E-state index is 0.0167. The van der Waals surface area contributed by atoms with Crippen LogP contribution in [0, 0.1) is 0 Å². The number of benzene rings is 1. The lowest BCUT2D eigenvalue weighted by atomic mass is 10.1. The zero-order valence-electron chi connectivity index (χ0n) is 16.6. The zero-order chi connectivity index (χ0) is 22.9. The van der Waals surface area contributed by atoms with Crippen molar-refractivity contribution in [1.29, 1.82) is 0 Å². The number of pyridine rings is 1. The van der Waals surface area contributed by atoms with Gasteiger partial charge in [-0.05, 0) is 18.2 Å². The fourth-order valence-electron chi connectivity index (χ4n) is 2.29. The number of hydrogen-bond acceptors (Lipinski definition) is 9. The van der Waals surface area contributed by atoms with Crippen molar-refractivity contribution in [2.75, 3.05) is 19.8 Å². The van der Waals surface area contributed by atoms with Gasteiger partial charge in [-0.15, -0.1) is 0 Å². The normalized spacial score (nSPS) is 11.1. The van der Waals surface area contributed by atoms with Gasteiger partial charge in [-0.1, -0.05) is 22.8 Å². The van der Waals surface area contributed by atoms with Crippen LogP contribution in [0.4, 0.5) is 0 Å². The SMILES string of the molecule is NC(CO)(CO)CO.O=C(O)CCc1noc2cc(OCc3ccccn3)c(Cl)cc12. The maximum atomic E-state index is 10.7. The van der Waals surface area contributed by atoms with E-state index in [1.54, 1.807) is 18.3 Å². The number of aryl methyl sites for hydroxylation is 1. The number of fused-ring (bicyclic) bond motifs is 1. The first-order valence-corrected chi connectivity index (χ1v) is 9.63. The number of halogens is 1. The second-order valence-corrected chi connectivity index (χ2v) is 7.16. The minimum atomic E-state index is -1.21. The van der Waals surface area contributed by atoms with Crippen LogP contribution in [-0.4, -0.2) is 61.9 Å². The number of hydrogen-bond donors (Lipinski definition) is 5. The Labute approximate surface area is 182 Å². The predicted octanol–water partition coefficient (Wildman–Crippen LogP) is 1.13. The van der Waals surface area contributed by atoms with Gasteiger partial charge in [-0.3, -0.25) is 9.78 Å². The zero-order valence-corrected chi connectivity index (χ0v) is 17.3. The van der Waals surface area contributed by atoms with Crippen molar-refractivity contribution in [2.45, 2.75) is 25.0 Å². The third-order valence-electron chi connectivity index (χ3n) is 4.22. The second-order valence-electron chi connectivity index (χ2n) is 6.75. The van der Waals surface area contributed by atoms with Gasteiger partial charge >= 0.3 is 5.97 Å². The lowest BCUT2D eigenvalue weighted by Gasteiger charge is -2.20. The third-order valence-corrected chi connectivity index (χ3v) is 4.52. The third kappa shape index (κ3) is 7.16. The maximum Gasteiger partial charge on any atom is 0.303 e. The molecule has 0 saturated carbocycles. The predicted molar refractivity (Wildman–Crippen MR) is 112 cm³/mol. The summed E-state index contributed by atoms with van der Waals surface area (Å²) in [6.45, 7) is -0.925. The molecule has 0 radical (unpaired) electrons. The smallest absolute Gasteiger partial charge is 0.303 e. The van der Waals surface area contributed by atoms with E-state index in [1.165, 1.54) is 0 Å². The van der Waals surface area contributed by atoms with E-state index < -0.39 is 31.3 Å². The maximum absolute atomic E-state index is 10.7. The molecule has 11 heteroatoms. The number of aliphatic hydroxyl groups excluding tert-OH is 3. The van der Waals surface area contributed by atoms with E-state index >= 15 is 0 Å². The van der Waals surface area contributed by atoms with E-state index in [0.717, 1.165) is 5.69 Å². The monoisotopic (exact) mass is 453 g/mol. The topological polar surface area (TPSA) is 172 Å². The van der Waals surface area contributed by atoms with Gasteiger partial charge < -0.3 is 35.4 Å². The number of aliphatic hydroxyl groups is 3. The van der Waals surface area contributed by atoms with E-state index in [2.05, 4.69) is 10.1 Å². The Morgan fingerprint density at radius 3 is 2.45 bits per heavy atom. The second kappa shape index (κ2) is 11.6. The van der Waals surface area contributed by atoms with E-state index in [1.807, 2.05) is 18.2 Å². The minimum Gasteiger partial charge on any atom is -0.486 e. The van der Waals surface area contributed by atoms with E-state index in [4.69, 9.17) is 47.0 Å². The molecule has 31 heavy (non-hydrogen) atoms. The van der Waals surface area contributed by atoms with Crippen LogP contribution in [0.1, 0.15) is 17.8 Å². The van der Waals surface area contributed by atoms with Crippen LogP contribution in [0.5, 0.6) is 5.75 Å². The van der Waals surface area contributed by atoms with Crippen molar-refractivity contribution >= 4 is 28.5 Å². The highest BCUT2D eigenvalue weighted by molar-refractivity contribution is 6.32. The molecule has 0 bridgehead atoms. The molecule has 0 spiro atoms. The highest BCUT2D eigenvalue weighted by atomic mass is 35.5. The molecule has 10 nitrogen and oxygen atoms in total. The molecule has 0 amide bonds. The number of rotatable bonds is 9. The summed E-state index contributed by atoms with van der Waals surface area (Å²) in [6, 6.07) is 8.89. The van der Waals surface area contributed by atoms with Crippen LogP contribution in [0.15, 0.2) is 41.1 Å². The summed E-state index contributed by atoms with van der Waals surface area (Å²) in [7, 11) is 0. The lowest BCUT2D eigenvalue weighted by Crippen LogP contribution is -2.50. The summed E-state index contributed by atoms with van der Waals surface area (Å²) < 4.78 is 10.9. The van der Waals surface area contributed by atoms with Gasteiger partial charge in [-0.25, -0.2) is 0 Å². The summed E-state index contributed by atoms with van der Waals surface area (Å²) in [5, 5.41) is 38.8. The fraction of sp³-hybridized carbons (Fsp3) is 0.350. The number of nitrogens with zero attached hydrogens (tertiary/aromatic N) is 2. The molecule has 1 aromatic carbocycles. The molecule has 0 aliphatic heterocycles. The molecular formula is C20H24ClN3O7. The molecule has 2 aromatic heterocycles. The van der Waals surface area contributed by atoms with E-state index in [0.29, 0.717) is 27.4 Å². The number of nitrogens with two attached hydrogens (primary N) is 1. The average molecular weight is 454 g/mol. The molecule has 2 heterocycles. The Bertz CT molecular complexity index is 969. The van der Waals surface area contributed by atoms with Crippen molar-refractivity contribution in [2.24, 2.45) is 5.73 Å². The Morgan fingerprint density at radius 2 is 1.90 bits per heavy atom. The summed E-state index contributed by atoms with van der Waals surface area (Å²) in [4.78, 5) is 14.8. The van der Waals surface area contributed by atoms with Crippen molar-refractivity contribution in [3.8, 4) is 5.75 Å². The standard InChI is InChI=1S/C16H13ClN2O4.C4H11NO3/c17-12-7-11-13(4-5-16(20)21)19-23-14(11)8-15(12)22-9-10-3-1-2-6-18-10;5-4(1-6,2-7)3-8/h1-3,6-8H,4-5,9H2,(H,20,21);6-8H,1-3,5H2. The highest BCUT2D eigenvalue weighted by Gasteiger charge is 2.20. The number of aromatic nitrogens is 2. The summed E-state index contributed by atoms with van der Waals surface area (Å²) in [5.41, 5.74) is 5.79. The molecule has 0 atom stereocenters. The van der Waals surface area contributed by atoms with Crippen LogP contribution in [0.2, 0.25) is 5.02 Å². The quantitative estimate of drug-likeness (QED) is 0.316. The van der Waals surface area contributed by atoms with Crippen LogP contribution in [0.3, 0.4) is 0 Å². The van der Waals surface area contributed by atoms with Crippen molar-refractivity contribution in [1.82, 2.24) is 10.1 Å². The van der Waals surface area contributed by atoms with Crippen LogP contribution >= 0.6 is 11.6 Å². The summed E-state index contributed by atoms with van der Waals surface area (Å²) in [6.07, 6.45) is 1.96. The van der Waals surface area contributed by atoms with Gasteiger partial charge in [0.15, 0.2) is 5.58 Å². The number of carbonyl (C=O) groups is 1. The van der Waals surface area contributed by atoms with E-state index in [-0.39, 0.29) is 19.4 Å². The van der Waals surface area contributed by atoms with Gasteiger partial charge in [-0.2, -0.15) is 0 Å². The lowest BCUT2D eigenvalue weighted by molar-refractivity contribution is -0.136. The number of carboxylic acids is 1. The Kier molecular flexibility index (Phi) is 9.16. The molecule has 0 aliphatic rings. The molecule has 3 rings (SSSR count). The average Bonchev–Trinajstić information content (AvgIpc) is 3.18.